The van der Waals surface area contributed by atoms with Gasteiger partial charge in [0.25, 0.3) is 4.80 Å². The molecule has 1 heterocycles. The van der Waals surface area contributed by atoms with E-state index in [1.165, 1.54) is 0 Å². The quantitative estimate of drug-likeness (QED) is 0.682. The maximum Gasteiger partial charge on any atom is 0.338 e. The fraction of sp³-hybridized carbons (Fsp3) is 0.0667. The van der Waals surface area contributed by atoms with Gasteiger partial charge in [0.2, 0.25) is 0 Å². The van der Waals surface area contributed by atoms with E-state index in [4.69, 9.17) is 9.15 Å². The van der Waals surface area contributed by atoms with Crippen LogP contribution in [0, 0.1) is 0 Å². The average Bonchev–Trinajstić information content (AvgIpc) is 2.85. The Balaban J connectivity index is 1.75. The second-order valence-corrected chi connectivity index (χ2v) is 4.89. The third kappa shape index (κ3) is 2.72. The molecule has 20 heavy (non-hydrogen) atoms. The fourth-order valence-corrected chi connectivity index (χ4v) is 2.20. The molecule has 3 rings (SSSR count). The first-order chi connectivity index (χ1) is 9.72. The van der Waals surface area contributed by atoms with E-state index in [2.05, 4.69) is 20.9 Å². The van der Waals surface area contributed by atoms with E-state index in [1.54, 1.807) is 18.2 Å². The minimum absolute atomic E-state index is 0.250. The van der Waals surface area contributed by atoms with Gasteiger partial charge in [-0.25, -0.2) is 9.78 Å². The molecule has 0 saturated heterocycles. The Morgan fingerprint density at radius 1 is 1.20 bits per heavy atom. The van der Waals surface area contributed by atoms with Gasteiger partial charge in [-0.15, -0.1) is 0 Å². The molecule has 0 unspecified atom stereocenters. The van der Waals surface area contributed by atoms with E-state index >= 15 is 0 Å². The number of benzene rings is 2. The largest absolute Gasteiger partial charge is 0.457 e. The normalized spacial score (nSPS) is 10.7. The van der Waals surface area contributed by atoms with Crippen molar-refractivity contribution in [2.75, 3.05) is 0 Å². The summed E-state index contributed by atoms with van der Waals surface area (Å²) in [4.78, 5) is 16.5. The molecule has 3 aromatic rings. The van der Waals surface area contributed by atoms with Gasteiger partial charge in [-0.3, -0.25) is 0 Å². The summed E-state index contributed by atoms with van der Waals surface area (Å²) in [6, 6.07) is 14.6. The van der Waals surface area contributed by atoms with Gasteiger partial charge in [0.1, 0.15) is 12.1 Å². The highest BCUT2D eigenvalue weighted by Gasteiger charge is 2.11. The second-order valence-electron chi connectivity index (χ2n) is 4.21. The van der Waals surface area contributed by atoms with E-state index < -0.39 is 0 Å². The molecular formula is C15H10BrNO3. The van der Waals surface area contributed by atoms with Crippen LogP contribution in [0.25, 0.3) is 11.1 Å². The lowest BCUT2D eigenvalue weighted by Gasteiger charge is -2.04. The molecule has 5 heteroatoms. The average molecular weight is 332 g/mol. The third-order valence-corrected chi connectivity index (χ3v) is 3.15. The monoisotopic (exact) mass is 331 g/mol. The van der Waals surface area contributed by atoms with Crippen LogP contribution in [0.5, 0.6) is 0 Å². The van der Waals surface area contributed by atoms with E-state index in [9.17, 15) is 4.79 Å². The number of carbonyl (C=O) groups excluding carboxylic acids is 1. The molecule has 2 aromatic carbocycles. The van der Waals surface area contributed by atoms with Crippen LogP contribution in [-0.4, -0.2) is 11.0 Å². The highest BCUT2D eigenvalue weighted by molar-refractivity contribution is 9.10. The topological polar surface area (TPSA) is 52.3 Å². The van der Waals surface area contributed by atoms with E-state index in [0.717, 1.165) is 5.56 Å². The Kier molecular flexibility index (Phi) is 3.52. The van der Waals surface area contributed by atoms with Gasteiger partial charge in [-0.1, -0.05) is 30.3 Å². The van der Waals surface area contributed by atoms with Crippen molar-refractivity contribution in [3.05, 3.63) is 64.5 Å². The number of rotatable bonds is 3. The highest BCUT2D eigenvalue weighted by Crippen LogP contribution is 2.20. The van der Waals surface area contributed by atoms with Crippen LogP contribution in [0.2, 0.25) is 0 Å². The summed E-state index contributed by atoms with van der Waals surface area (Å²) < 4.78 is 10.5. The summed E-state index contributed by atoms with van der Waals surface area (Å²) in [5.41, 5.74) is 2.64. The first-order valence-corrected chi connectivity index (χ1v) is 6.79. The van der Waals surface area contributed by atoms with Gasteiger partial charge in [0.15, 0.2) is 5.58 Å². The molecule has 1 aromatic heterocycles. The van der Waals surface area contributed by atoms with Gasteiger partial charge in [0, 0.05) is 15.9 Å². The maximum atomic E-state index is 12.0. The molecule has 0 saturated carbocycles. The van der Waals surface area contributed by atoms with Crippen molar-refractivity contribution >= 4 is 33.0 Å². The van der Waals surface area contributed by atoms with E-state index in [1.807, 2.05) is 30.3 Å². The Morgan fingerprint density at radius 3 is 2.80 bits per heavy atom. The number of oxazole rings is 1. The van der Waals surface area contributed by atoms with E-state index in [-0.39, 0.29) is 12.6 Å². The minimum Gasteiger partial charge on any atom is -0.457 e. The second kappa shape index (κ2) is 5.46. The molecular weight excluding hydrogens is 322 g/mol. The molecule has 100 valence electrons. The molecule has 0 fully saturated rings. The van der Waals surface area contributed by atoms with Crippen molar-refractivity contribution in [2.24, 2.45) is 0 Å². The molecule has 0 bridgehead atoms. The van der Waals surface area contributed by atoms with Crippen molar-refractivity contribution in [1.82, 2.24) is 4.98 Å². The van der Waals surface area contributed by atoms with Crippen molar-refractivity contribution < 1.29 is 13.9 Å². The molecule has 0 radical (unpaired) electrons. The zero-order valence-electron chi connectivity index (χ0n) is 10.4. The summed E-state index contributed by atoms with van der Waals surface area (Å²) in [5, 5.41) is 0. The predicted molar refractivity (Wildman–Crippen MR) is 77.3 cm³/mol. The van der Waals surface area contributed by atoms with Gasteiger partial charge in [-0.05, 0) is 23.8 Å². The standard InChI is InChI=1S/C15H10BrNO3/c16-15-17-12-8-11(6-7-13(12)20-15)14(18)19-9-10-4-2-1-3-5-10/h1-8H,9H2. The SMILES string of the molecule is O=C(OCc1ccccc1)c1ccc2oc(Br)nc2c1. The fourth-order valence-electron chi connectivity index (χ4n) is 1.83. The number of fused-ring (bicyclic) bond motifs is 1. The Hall–Kier alpha value is -2.14. The van der Waals surface area contributed by atoms with Gasteiger partial charge < -0.3 is 9.15 Å². The summed E-state index contributed by atoms with van der Waals surface area (Å²) in [7, 11) is 0. The predicted octanol–water partition coefficient (Wildman–Crippen LogP) is 3.95. The summed E-state index contributed by atoms with van der Waals surface area (Å²) >= 11 is 3.15. The molecule has 0 amide bonds. The molecule has 0 N–H and O–H groups in total. The number of ether oxygens (including phenoxy) is 1. The van der Waals surface area contributed by atoms with Crippen LogP contribution in [0.15, 0.2) is 57.7 Å². The van der Waals surface area contributed by atoms with Crippen molar-refractivity contribution in [2.45, 2.75) is 6.61 Å². The highest BCUT2D eigenvalue weighted by atomic mass is 79.9. The van der Waals surface area contributed by atoms with Crippen molar-refractivity contribution in [1.29, 1.82) is 0 Å². The minimum atomic E-state index is -0.380. The lowest BCUT2D eigenvalue weighted by Crippen LogP contribution is -2.05. The number of hydrogen-bond donors (Lipinski definition) is 0. The lowest BCUT2D eigenvalue weighted by atomic mass is 10.2. The van der Waals surface area contributed by atoms with Crippen molar-refractivity contribution in [3.8, 4) is 0 Å². The molecule has 0 aliphatic heterocycles. The van der Waals surface area contributed by atoms with Crippen LogP contribution >= 0.6 is 15.9 Å². The van der Waals surface area contributed by atoms with Crippen LogP contribution in [0.4, 0.5) is 0 Å². The van der Waals surface area contributed by atoms with Crippen LogP contribution < -0.4 is 0 Å². The molecule has 0 atom stereocenters. The van der Waals surface area contributed by atoms with E-state index in [0.29, 0.717) is 21.5 Å². The molecule has 4 nitrogen and oxygen atoms in total. The third-order valence-electron chi connectivity index (χ3n) is 2.81. The molecule has 0 aliphatic rings. The first-order valence-electron chi connectivity index (χ1n) is 5.99. The molecule has 0 aliphatic carbocycles. The summed E-state index contributed by atoms with van der Waals surface area (Å²) in [5.74, 6) is -0.380. The van der Waals surface area contributed by atoms with Gasteiger partial charge in [-0.2, -0.15) is 0 Å². The van der Waals surface area contributed by atoms with Crippen LogP contribution in [0.1, 0.15) is 15.9 Å². The Labute approximate surface area is 123 Å². The number of aromatic nitrogens is 1. The smallest absolute Gasteiger partial charge is 0.338 e. The van der Waals surface area contributed by atoms with Crippen molar-refractivity contribution in [3.63, 3.8) is 0 Å². The number of hydrogen-bond acceptors (Lipinski definition) is 4. The summed E-state index contributed by atoms with van der Waals surface area (Å²) in [6.45, 7) is 0.250. The number of carbonyl (C=O) groups is 1. The Bertz CT molecular complexity index is 752. The maximum absolute atomic E-state index is 12.0. The summed E-state index contributed by atoms with van der Waals surface area (Å²) in [6.07, 6.45) is 0. The zero-order chi connectivity index (χ0) is 13.9. The number of halogens is 1. The zero-order valence-corrected chi connectivity index (χ0v) is 12.0. The van der Waals surface area contributed by atoms with Crippen LogP contribution in [0.3, 0.4) is 0 Å². The molecule has 0 spiro atoms. The first kappa shape index (κ1) is 12.9. The Morgan fingerprint density at radius 2 is 2.00 bits per heavy atom. The lowest BCUT2D eigenvalue weighted by molar-refractivity contribution is 0.0473. The van der Waals surface area contributed by atoms with Gasteiger partial charge >= 0.3 is 5.97 Å². The number of nitrogens with zero attached hydrogens (tertiary/aromatic N) is 1. The number of esters is 1. The van der Waals surface area contributed by atoms with Crippen LogP contribution in [-0.2, 0) is 11.3 Å². The van der Waals surface area contributed by atoms with Gasteiger partial charge in [0.05, 0.1) is 5.56 Å².